The SMILES string of the molecule is CCCCOc1ccc2c(c1F)OCc1c-2ccc(OCC2CC2)c1F. The van der Waals surface area contributed by atoms with Crippen molar-refractivity contribution in [1.29, 1.82) is 0 Å². The van der Waals surface area contributed by atoms with Crippen LogP contribution in [0.4, 0.5) is 8.78 Å². The van der Waals surface area contributed by atoms with Crippen LogP contribution in [0.15, 0.2) is 24.3 Å². The minimum absolute atomic E-state index is 0.0237. The smallest absolute Gasteiger partial charge is 0.207 e. The van der Waals surface area contributed by atoms with Gasteiger partial charge in [-0.15, -0.1) is 0 Å². The van der Waals surface area contributed by atoms with Crippen molar-refractivity contribution in [1.82, 2.24) is 0 Å². The average Bonchev–Trinajstić information content (AvgIpc) is 3.47. The largest absolute Gasteiger partial charge is 0.490 e. The predicted molar refractivity (Wildman–Crippen MR) is 94.7 cm³/mol. The Hall–Kier alpha value is -2.30. The van der Waals surface area contributed by atoms with Crippen molar-refractivity contribution in [3.8, 4) is 28.4 Å². The van der Waals surface area contributed by atoms with Crippen molar-refractivity contribution in [3.63, 3.8) is 0 Å². The highest BCUT2D eigenvalue weighted by Crippen LogP contribution is 2.44. The van der Waals surface area contributed by atoms with Gasteiger partial charge in [0.15, 0.2) is 23.1 Å². The molecule has 2 aromatic carbocycles. The first-order chi connectivity index (χ1) is 12.7. The summed E-state index contributed by atoms with van der Waals surface area (Å²) in [5.41, 5.74) is 1.59. The van der Waals surface area contributed by atoms with Gasteiger partial charge in [-0.3, -0.25) is 0 Å². The average molecular weight is 360 g/mol. The van der Waals surface area contributed by atoms with Crippen LogP contribution in [0.2, 0.25) is 0 Å². The quantitative estimate of drug-likeness (QED) is 0.611. The summed E-state index contributed by atoms with van der Waals surface area (Å²) < 4.78 is 46.1. The maximum atomic E-state index is 14.8. The van der Waals surface area contributed by atoms with E-state index in [1.165, 1.54) is 0 Å². The van der Waals surface area contributed by atoms with E-state index in [9.17, 15) is 8.78 Å². The summed E-state index contributed by atoms with van der Waals surface area (Å²) in [6, 6.07) is 6.70. The Morgan fingerprint density at radius 2 is 1.73 bits per heavy atom. The lowest BCUT2D eigenvalue weighted by Crippen LogP contribution is -2.12. The molecule has 0 bridgehead atoms. The molecule has 3 nitrogen and oxygen atoms in total. The van der Waals surface area contributed by atoms with Gasteiger partial charge in [0.05, 0.1) is 13.2 Å². The van der Waals surface area contributed by atoms with Gasteiger partial charge in [-0.25, -0.2) is 4.39 Å². The molecule has 1 fully saturated rings. The van der Waals surface area contributed by atoms with Crippen LogP contribution in [-0.2, 0) is 6.61 Å². The maximum Gasteiger partial charge on any atom is 0.207 e. The molecule has 2 aromatic rings. The topological polar surface area (TPSA) is 27.7 Å². The van der Waals surface area contributed by atoms with Gasteiger partial charge in [0.2, 0.25) is 5.82 Å². The van der Waals surface area contributed by atoms with Crippen LogP contribution in [0.3, 0.4) is 0 Å². The Kier molecular flexibility index (Phi) is 4.70. The highest BCUT2D eigenvalue weighted by molar-refractivity contribution is 5.77. The summed E-state index contributed by atoms with van der Waals surface area (Å²) >= 11 is 0. The molecule has 0 saturated heterocycles. The van der Waals surface area contributed by atoms with Crippen LogP contribution < -0.4 is 14.2 Å². The van der Waals surface area contributed by atoms with E-state index in [1.807, 2.05) is 6.92 Å². The number of hydrogen-bond donors (Lipinski definition) is 0. The molecule has 0 unspecified atom stereocenters. The van der Waals surface area contributed by atoms with Crippen molar-refractivity contribution in [3.05, 3.63) is 41.5 Å². The van der Waals surface area contributed by atoms with E-state index >= 15 is 0 Å². The van der Waals surface area contributed by atoms with Gasteiger partial charge in [0.25, 0.3) is 0 Å². The third kappa shape index (κ3) is 3.22. The van der Waals surface area contributed by atoms with Crippen molar-refractivity contribution in [2.75, 3.05) is 13.2 Å². The van der Waals surface area contributed by atoms with E-state index in [0.717, 1.165) is 25.7 Å². The lowest BCUT2D eigenvalue weighted by Gasteiger charge is -2.23. The molecule has 0 spiro atoms. The molecule has 26 heavy (non-hydrogen) atoms. The fraction of sp³-hybridized carbons (Fsp3) is 0.429. The fourth-order valence-electron chi connectivity index (χ4n) is 3.07. The molecule has 2 aliphatic rings. The van der Waals surface area contributed by atoms with E-state index in [4.69, 9.17) is 14.2 Å². The van der Waals surface area contributed by atoms with Crippen LogP contribution in [0.1, 0.15) is 38.2 Å². The summed E-state index contributed by atoms with van der Waals surface area (Å²) in [5, 5.41) is 0. The van der Waals surface area contributed by atoms with Gasteiger partial charge >= 0.3 is 0 Å². The first-order valence-corrected chi connectivity index (χ1v) is 9.21. The molecule has 138 valence electrons. The van der Waals surface area contributed by atoms with Crippen LogP contribution in [-0.4, -0.2) is 13.2 Å². The number of fused-ring (bicyclic) bond motifs is 3. The molecule has 0 radical (unpaired) electrons. The molecule has 4 rings (SSSR count). The van der Waals surface area contributed by atoms with Gasteiger partial charge in [-0.1, -0.05) is 13.3 Å². The van der Waals surface area contributed by atoms with Crippen molar-refractivity contribution >= 4 is 0 Å². The molecule has 1 saturated carbocycles. The van der Waals surface area contributed by atoms with Gasteiger partial charge in [-0.05, 0) is 55.0 Å². The molecule has 1 aliphatic carbocycles. The lowest BCUT2D eigenvalue weighted by molar-refractivity contribution is 0.254. The molecule has 0 amide bonds. The minimum atomic E-state index is -0.529. The number of halogens is 2. The molecule has 0 atom stereocenters. The molecular formula is C21H22F2O3. The normalized spacial score (nSPS) is 15.0. The Bertz CT molecular complexity index is 815. The first kappa shape index (κ1) is 17.1. The highest BCUT2D eigenvalue weighted by Gasteiger charge is 2.28. The van der Waals surface area contributed by atoms with Gasteiger partial charge < -0.3 is 14.2 Å². The second-order valence-electron chi connectivity index (χ2n) is 6.90. The Morgan fingerprint density at radius 1 is 1.00 bits per heavy atom. The number of rotatable bonds is 7. The van der Waals surface area contributed by atoms with Crippen LogP contribution in [0.5, 0.6) is 17.2 Å². The zero-order valence-electron chi connectivity index (χ0n) is 14.8. The van der Waals surface area contributed by atoms with Gasteiger partial charge in [-0.2, -0.15) is 4.39 Å². The third-order valence-electron chi connectivity index (χ3n) is 4.85. The fourth-order valence-corrected chi connectivity index (χ4v) is 3.07. The maximum absolute atomic E-state index is 14.8. The number of benzene rings is 2. The number of ether oxygens (including phenoxy) is 3. The standard InChI is InChI=1S/C21H22F2O3/c1-2-3-10-24-18-9-7-15-14-6-8-17(25-11-13-4-5-13)19(22)16(14)12-26-21(15)20(18)23/h6-9,13H,2-5,10-12H2,1H3. The Labute approximate surface area is 151 Å². The second-order valence-corrected chi connectivity index (χ2v) is 6.90. The van der Waals surface area contributed by atoms with Crippen molar-refractivity contribution in [2.24, 2.45) is 5.92 Å². The Morgan fingerprint density at radius 3 is 2.46 bits per heavy atom. The summed E-state index contributed by atoms with van der Waals surface area (Å²) in [6.07, 6.45) is 4.12. The monoisotopic (exact) mass is 360 g/mol. The summed E-state index contributed by atoms with van der Waals surface area (Å²) in [7, 11) is 0. The van der Waals surface area contributed by atoms with E-state index in [-0.39, 0.29) is 23.9 Å². The molecular weight excluding hydrogens is 338 g/mol. The first-order valence-electron chi connectivity index (χ1n) is 9.21. The van der Waals surface area contributed by atoms with Gasteiger partial charge in [0, 0.05) is 11.1 Å². The van der Waals surface area contributed by atoms with E-state index in [2.05, 4.69) is 0 Å². The number of unbranched alkanes of at least 4 members (excludes halogenated alkanes) is 1. The summed E-state index contributed by atoms with van der Waals surface area (Å²) in [6.45, 7) is 3.02. The molecule has 1 heterocycles. The van der Waals surface area contributed by atoms with Crippen LogP contribution in [0.25, 0.3) is 11.1 Å². The van der Waals surface area contributed by atoms with E-state index in [1.54, 1.807) is 24.3 Å². The van der Waals surface area contributed by atoms with Crippen molar-refractivity contribution in [2.45, 2.75) is 39.2 Å². The van der Waals surface area contributed by atoms with E-state index < -0.39 is 11.6 Å². The highest BCUT2D eigenvalue weighted by atomic mass is 19.1. The van der Waals surface area contributed by atoms with Gasteiger partial charge in [0.1, 0.15) is 6.61 Å². The third-order valence-corrected chi connectivity index (χ3v) is 4.85. The molecule has 1 aliphatic heterocycles. The predicted octanol–water partition coefficient (Wildman–Crippen LogP) is 5.49. The molecule has 0 N–H and O–H groups in total. The molecule has 0 aromatic heterocycles. The van der Waals surface area contributed by atoms with Crippen molar-refractivity contribution < 1.29 is 23.0 Å². The minimum Gasteiger partial charge on any atom is -0.490 e. The Balaban J connectivity index is 1.62. The summed E-state index contributed by atoms with van der Waals surface area (Å²) in [4.78, 5) is 0. The zero-order valence-corrected chi connectivity index (χ0v) is 14.8. The van der Waals surface area contributed by atoms with E-state index in [0.29, 0.717) is 35.8 Å². The number of hydrogen-bond acceptors (Lipinski definition) is 3. The lowest BCUT2D eigenvalue weighted by atomic mass is 9.96. The second kappa shape index (κ2) is 7.14. The van der Waals surface area contributed by atoms with Crippen LogP contribution in [0, 0.1) is 17.6 Å². The zero-order chi connectivity index (χ0) is 18.1. The van der Waals surface area contributed by atoms with Crippen LogP contribution >= 0.6 is 0 Å². The summed E-state index contributed by atoms with van der Waals surface area (Å²) in [5.74, 6) is 0.129. The molecule has 5 heteroatoms.